The molecule has 1 amide bonds. The average Bonchev–Trinajstić information content (AvgIpc) is 2.46. The third kappa shape index (κ3) is 3.73. The summed E-state index contributed by atoms with van der Waals surface area (Å²) in [7, 11) is 1.83. The third-order valence-corrected chi connectivity index (χ3v) is 4.34. The first-order valence-electron chi connectivity index (χ1n) is 7.51. The molecule has 0 spiro atoms. The molecule has 1 aromatic rings. The van der Waals surface area contributed by atoms with E-state index in [4.69, 9.17) is 5.73 Å². The smallest absolute Gasteiger partial charge is 0.217 e. The van der Waals surface area contributed by atoms with Crippen LogP contribution >= 0.6 is 0 Å². The van der Waals surface area contributed by atoms with Gasteiger partial charge in [0.2, 0.25) is 5.91 Å². The van der Waals surface area contributed by atoms with Gasteiger partial charge >= 0.3 is 0 Å². The Morgan fingerprint density at radius 1 is 1.48 bits per heavy atom. The maximum Gasteiger partial charge on any atom is 0.217 e. The number of piperidine rings is 1. The molecule has 0 radical (unpaired) electrons. The van der Waals surface area contributed by atoms with E-state index in [1.165, 1.54) is 6.07 Å². The predicted octanol–water partition coefficient (Wildman–Crippen LogP) is 2.20. The number of halogens is 1. The lowest BCUT2D eigenvalue weighted by molar-refractivity contribution is -0.119. The van der Waals surface area contributed by atoms with Gasteiger partial charge in [-0.15, -0.1) is 0 Å². The van der Waals surface area contributed by atoms with Crippen molar-refractivity contribution in [3.05, 3.63) is 29.6 Å². The standard InChI is InChI=1S/C16H24FN3O/c1-11(19-2)16-13(17)4-3-5-14(16)20-8-6-12(7-9-20)10-15(18)21/h3-5,11-12,19H,6-10H2,1-2H3,(H2,18,21). The minimum atomic E-state index is -0.233. The summed E-state index contributed by atoms with van der Waals surface area (Å²) in [5, 5.41) is 3.11. The Morgan fingerprint density at radius 2 is 2.14 bits per heavy atom. The van der Waals surface area contributed by atoms with Gasteiger partial charge in [-0.05, 0) is 44.9 Å². The molecule has 1 saturated heterocycles. The van der Waals surface area contributed by atoms with Crippen LogP contribution in [0.15, 0.2) is 18.2 Å². The van der Waals surface area contributed by atoms with Crippen molar-refractivity contribution >= 4 is 11.6 Å². The van der Waals surface area contributed by atoms with Crippen LogP contribution in [-0.4, -0.2) is 26.0 Å². The van der Waals surface area contributed by atoms with Crippen LogP contribution in [0.25, 0.3) is 0 Å². The Kier molecular flexibility index (Phi) is 5.17. The molecule has 0 bridgehead atoms. The lowest BCUT2D eigenvalue weighted by Gasteiger charge is -2.35. The number of rotatable bonds is 5. The number of primary amides is 1. The van der Waals surface area contributed by atoms with Crippen molar-refractivity contribution in [2.45, 2.75) is 32.2 Å². The van der Waals surface area contributed by atoms with Gasteiger partial charge in [-0.2, -0.15) is 0 Å². The van der Waals surface area contributed by atoms with E-state index < -0.39 is 0 Å². The number of anilines is 1. The predicted molar refractivity (Wildman–Crippen MR) is 82.6 cm³/mol. The highest BCUT2D eigenvalue weighted by molar-refractivity contribution is 5.74. The first-order valence-corrected chi connectivity index (χ1v) is 7.51. The number of carbonyl (C=O) groups excluding carboxylic acids is 1. The summed E-state index contributed by atoms with van der Waals surface area (Å²) in [6.45, 7) is 3.64. The molecule has 0 aliphatic carbocycles. The van der Waals surface area contributed by atoms with Crippen molar-refractivity contribution < 1.29 is 9.18 Å². The number of hydrogen-bond acceptors (Lipinski definition) is 3. The molecule has 1 unspecified atom stereocenters. The van der Waals surface area contributed by atoms with E-state index in [1.807, 2.05) is 20.0 Å². The van der Waals surface area contributed by atoms with Crippen molar-refractivity contribution in [2.75, 3.05) is 25.0 Å². The third-order valence-electron chi connectivity index (χ3n) is 4.34. The van der Waals surface area contributed by atoms with Crippen LogP contribution in [0, 0.1) is 11.7 Å². The van der Waals surface area contributed by atoms with Crippen molar-refractivity contribution in [1.29, 1.82) is 0 Å². The normalized spacial score (nSPS) is 17.8. The highest BCUT2D eigenvalue weighted by atomic mass is 19.1. The van der Waals surface area contributed by atoms with Gasteiger partial charge < -0.3 is 16.0 Å². The largest absolute Gasteiger partial charge is 0.371 e. The van der Waals surface area contributed by atoms with Crippen LogP contribution in [0.2, 0.25) is 0 Å². The minimum absolute atomic E-state index is 0.0375. The molecule has 21 heavy (non-hydrogen) atoms. The Hall–Kier alpha value is -1.62. The van der Waals surface area contributed by atoms with Gasteiger partial charge in [-0.25, -0.2) is 4.39 Å². The van der Waals surface area contributed by atoms with E-state index in [-0.39, 0.29) is 17.8 Å². The fraction of sp³-hybridized carbons (Fsp3) is 0.562. The number of amides is 1. The van der Waals surface area contributed by atoms with Gasteiger partial charge in [-0.3, -0.25) is 4.79 Å². The topological polar surface area (TPSA) is 58.4 Å². The first kappa shape index (κ1) is 15.8. The number of benzene rings is 1. The Bertz CT molecular complexity index is 498. The van der Waals surface area contributed by atoms with Gasteiger partial charge in [0.1, 0.15) is 5.82 Å². The highest BCUT2D eigenvalue weighted by Crippen LogP contribution is 2.32. The molecule has 2 rings (SSSR count). The maximum absolute atomic E-state index is 14.2. The zero-order chi connectivity index (χ0) is 15.4. The SMILES string of the molecule is CNC(C)c1c(F)cccc1N1CCC(CC(N)=O)CC1. The molecule has 0 saturated carbocycles. The van der Waals surface area contributed by atoms with Crippen molar-refractivity contribution in [3.63, 3.8) is 0 Å². The molecule has 3 N–H and O–H groups in total. The van der Waals surface area contributed by atoms with Crippen molar-refractivity contribution in [2.24, 2.45) is 11.7 Å². The zero-order valence-corrected chi connectivity index (χ0v) is 12.7. The van der Waals surface area contributed by atoms with Gasteiger partial charge in [-0.1, -0.05) is 6.07 Å². The Balaban J connectivity index is 2.13. The van der Waals surface area contributed by atoms with Crippen molar-refractivity contribution in [3.8, 4) is 0 Å². The quantitative estimate of drug-likeness (QED) is 0.875. The van der Waals surface area contributed by atoms with Gasteiger partial charge in [0, 0.05) is 36.8 Å². The number of hydrogen-bond donors (Lipinski definition) is 2. The molecule has 116 valence electrons. The van der Waals surface area contributed by atoms with Crippen LogP contribution < -0.4 is 16.0 Å². The number of nitrogens with one attached hydrogen (secondary N) is 1. The molecule has 5 heteroatoms. The lowest BCUT2D eigenvalue weighted by Crippen LogP contribution is -2.36. The van der Waals surface area contributed by atoms with E-state index in [0.717, 1.165) is 31.6 Å². The van der Waals surface area contributed by atoms with Gasteiger partial charge in [0.25, 0.3) is 0 Å². The molecule has 1 heterocycles. The second-order valence-corrected chi connectivity index (χ2v) is 5.78. The van der Waals surface area contributed by atoms with E-state index in [0.29, 0.717) is 17.9 Å². The summed E-state index contributed by atoms with van der Waals surface area (Å²) >= 11 is 0. The van der Waals surface area contributed by atoms with Crippen LogP contribution in [0.4, 0.5) is 10.1 Å². The Morgan fingerprint density at radius 3 is 2.71 bits per heavy atom. The van der Waals surface area contributed by atoms with E-state index >= 15 is 0 Å². The summed E-state index contributed by atoms with van der Waals surface area (Å²) in [6, 6.07) is 5.20. The second-order valence-electron chi connectivity index (χ2n) is 5.78. The number of carbonyl (C=O) groups is 1. The van der Waals surface area contributed by atoms with E-state index in [9.17, 15) is 9.18 Å². The summed E-state index contributed by atoms with van der Waals surface area (Å²) in [5.74, 6) is -0.0465. The van der Waals surface area contributed by atoms with Gasteiger partial charge in [0.15, 0.2) is 0 Å². The summed E-state index contributed by atoms with van der Waals surface area (Å²) in [6.07, 6.45) is 2.30. The van der Waals surface area contributed by atoms with Crippen LogP contribution in [0.1, 0.15) is 37.8 Å². The van der Waals surface area contributed by atoms with Crippen LogP contribution in [0.3, 0.4) is 0 Å². The molecule has 1 aromatic carbocycles. The zero-order valence-electron chi connectivity index (χ0n) is 12.7. The minimum Gasteiger partial charge on any atom is -0.371 e. The molecular formula is C16H24FN3O. The summed E-state index contributed by atoms with van der Waals surface area (Å²) in [4.78, 5) is 13.2. The molecule has 1 aliphatic rings. The first-order chi connectivity index (χ1) is 10.0. The van der Waals surface area contributed by atoms with E-state index in [2.05, 4.69) is 10.2 Å². The monoisotopic (exact) mass is 293 g/mol. The number of nitrogens with two attached hydrogens (primary N) is 1. The molecule has 4 nitrogen and oxygen atoms in total. The average molecular weight is 293 g/mol. The molecule has 1 atom stereocenters. The van der Waals surface area contributed by atoms with Gasteiger partial charge in [0.05, 0.1) is 0 Å². The summed E-state index contributed by atoms with van der Waals surface area (Å²) < 4.78 is 14.2. The second kappa shape index (κ2) is 6.89. The summed E-state index contributed by atoms with van der Waals surface area (Å²) in [5.41, 5.74) is 6.93. The van der Waals surface area contributed by atoms with E-state index in [1.54, 1.807) is 6.07 Å². The van der Waals surface area contributed by atoms with Crippen molar-refractivity contribution in [1.82, 2.24) is 5.32 Å². The van der Waals surface area contributed by atoms with Crippen LogP contribution in [0.5, 0.6) is 0 Å². The molecule has 1 aliphatic heterocycles. The molecule has 1 fully saturated rings. The maximum atomic E-state index is 14.2. The van der Waals surface area contributed by atoms with Crippen LogP contribution in [-0.2, 0) is 4.79 Å². The fourth-order valence-corrected chi connectivity index (χ4v) is 3.04. The molecular weight excluding hydrogens is 269 g/mol. The Labute approximate surface area is 125 Å². The highest BCUT2D eigenvalue weighted by Gasteiger charge is 2.24. The lowest BCUT2D eigenvalue weighted by atomic mass is 9.92. The fourth-order valence-electron chi connectivity index (χ4n) is 3.04. The molecule has 0 aromatic heterocycles. The number of nitrogens with zero attached hydrogens (tertiary/aromatic N) is 1.